The van der Waals surface area contributed by atoms with E-state index in [1.54, 1.807) is 6.92 Å². The number of nitrogens with one attached hydrogen (secondary N) is 1. The van der Waals surface area contributed by atoms with Crippen LogP contribution in [-0.2, 0) is 4.79 Å². The SMILES string of the molecule is CC#CCCNC(=O)CCCO. The number of aliphatic hydroxyl groups is 1. The molecule has 0 rings (SSSR count). The van der Waals surface area contributed by atoms with E-state index in [4.69, 9.17) is 5.11 Å². The molecule has 3 heteroatoms. The van der Waals surface area contributed by atoms with Gasteiger partial charge in [0.1, 0.15) is 0 Å². The summed E-state index contributed by atoms with van der Waals surface area (Å²) in [7, 11) is 0. The first-order valence-corrected chi connectivity index (χ1v) is 4.08. The van der Waals surface area contributed by atoms with Gasteiger partial charge in [-0.05, 0) is 13.3 Å². The maximum absolute atomic E-state index is 10.9. The van der Waals surface area contributed by atoms with E-state index in [1.807, 2.05) is 0 Å². The summed E-state index contributed by atoms with van der Waals surface area (Å²) in [6.45, 7) is 2.45. The second kappa shape index (κ2) is 8.09. The van der Waals surface area contributed by atoms with Crippen LogP contribution >= 0.6 is 0 Å². The quantitative estimate of drug-likeness (QED) is 0.459. The van der Waals surface area contributed by atoms with Crippen molar-refractivity contribution >= 4 is 5.91 Å². The summed E-state index contributed by atoms with van der Waals surface area (Å²) in [4.78, 5) is 10.9. The van der Waals surface area contributed by atoms with Crippen molar-refractivity contribution in [2.75, 3.05) is 13.2 Å². The second-order valence-corrected chi connectivity index (χ2v) is 2.35. The van der Waals surface area contributed by atoms with Crippen LogP contribution in [0.25, 0.3) is 0 Å². The lowest BCUT2D eigenvalue weighted by Crippen LogP contribution is -2.23. The first-order chi connectivity index (χ1) is 5.81. The fourth-order valence-electron chi connectivity index (χ4n) is 0.717. The Bertz CT molecular complexity index is 179. The molecule has 0 atom stereocenters. The summed E-state index contributed by atoms with van der Waals surface area (Å²) in [5, 5.41) is 11.1. The average molecular weight is 169 g/mol. The van der Waals surface area contributed by atoms with E-state index in [0.717, 1.165) is 0 Å². The fourth-order valence-corrected chi connectivity index (χ4v) is 0.717. The smallest absolute Gasteiger partial charge is 0.220 e. The van der Waals surface area contributed by atoms with Gasteiger partial charge in [-0.2, -0.15) is 0 Å². The zero-order chi connectivity index (χ0) is 9.23. The van der Waals surface area contributed by atoms with Gasteiger partial charge in [0.05, 0.1) is 0 Å². The molecule has 0 aromatic heterocycles. The van der Waals surface area contributed by atoms with Crippen LogP contribution in [0.5, 0.6) is 0 Å². The third kappa shape index (κ3) is 7.10. The molecule has 2 N–H and O–H groups in total. The molecule has 0 aromatic rings. The van der Waals surface area contributed by atoms with Crippen molar-refractivity contribution in [2.24, 2.45) is 0 Å². The lowest BCUT2D eigenvalue weighted by Gasteiger charge is -2.00. The Balaban J connectivity index is 3.23. The van der Waals surface area contributed by atoms with Gasteiger partial charge in [-0.1, -0.05) is 0 Å². The van der Waals surface area contributed by atoms with Crippen molar-refractivity contribution in [3.05, 3.63) is 0 Å². The number of rotatable bonds is 5. The molecule has 3 nitrogen and oxygen atoms in total. The molecule has 1 amide bonds. The van der Waals surface area contributed by atoms with E-state index < -0.39 is 0 Å². The standard InChI is InChI=1S/C9H15NO2/c1-2-3-4-7-10-9(12)6-5-8-11/h11H,4-8H2,1H3,(H,10,12). The van der Waals surface area contributed by atoms with E-state index in [0.29, 0.717) is 25.8 Å². The molecule has 0 aliphatic heterocycles. The summed E-state index contributed by atoms with van der Waals surface area (Å²) in [5.41, 5.74) is 0. The third-order valence-electron chi connectivity index (χ3n) is 1.31. The van der Waals surface area contributed by atoms with E-state index in [9.17, 15) is 4.79 Å². The minimum atomic E-state index is -0.0121. The maximum Gasteiger partial charge on any atom is 0.220 e. The molecule has 12 heavy (non-hydrogen) atoms. The van der Waals surface area contributed by atoms with Crippen LogP contribution < -0.4 is 5.32 Å². The van der Waals surface area contributed by atoms with Gasteiger partial charge in [-0.15, -0.1) is 11.8 Å². The normalized spacial score (nSPS) is 8.50. The Kier molecular flexibility index (Phi) is 7.41. The minimum Gasteiger partial charge on any atom is -0.396 e. The van der Waals surface area contributed by atoms with Crippen molar-refractivity contribution in [3.8, 4) is 11.8 Å². The van der Waals surface area contributed by atoms with Crippen molar-refractivity contribution in [1.82, 2.24) is 5.32 Å². The molecule has 0 aromatic carbocycles. The van der Waals surface area contributed by atoms with E-state index in [2.05, 4.69) is 17.2 Å². The molecule has 0 saturated carbocycles. The van der Waals surface area contributed by atoms with Crippen LogP contribution in [0.15, 0.2) is 0 Å². The largest absolute Gasteiger partial charge is 0.396 e. The predicted octanol–water partition coefficient (Wildman–Crippen LogP) is 0.288. The van der Waals surface area contributed by atoms with Crippen LogP contribution in [0.3, 0.4) is 0 Å². The zero-order valence-corrected chi connectivity index (χ0v) is 7.39. The molecule has 0 bridgehead atoms. The Morgan fingerprint density at radius 1 is 1.58 bits per heavy atom. The molecule has 0 fully saturated rings. The van der Waals surface area contributed by atoms with Gasteiger partial charge in [0, 0.05) is 26.0 Å². The monoisotopic (exact) mass is 169 g/mol. The summed E-state index contributed by atoms with van der Waals surface area (Å²) < 4.78 is 0. The molecule has 68 valence electrons. The summed E-state index contributed by atoms with van der Waals surface area (Å²) >= 11 is 0. The average Bonchev–Trinajstić information content (AvgIpc) is 2.09. The Labute approximate surface area is 73.2 Å². The van der Waals surface area contributed by atoms with Gasteiger partial charge in [0.2, 0.25) is 5.91 Å². The number of hydrogen-bond acceptors (Lipinski definition) is 2. The van der Waals surface area contributed by atoms with Gasteiger partial charge in [-0.25, -0.2) is 0 Å². The predicted molar refractivity (Wildman–Crippen MR) is 47.4 cm³/mol. The Hall–Kier alpha value is -1.01. The zero-order valence-electron chi connectivity index (χ0n) is 7.39. The van der Waals surface area contributed by atoms with E-state index >= 15 is 0 Å². The van der Waals surface area contributed by atoms with Gasteiger partial charge in [0.25, 0.3) is 0 Å². The van der Waals surface area contributed by atoms with Crippen LogP contribution in [0.1, 0.15) is 26.2 Å². The van der Waals surface area contributed by atoms with Crippen LogP contribution in [0, 0.1) is 11.8 Å². The fraction of sp³-hybridized carbons (Fsp3) is 0.667. The lowest BCUT2D eigenvalue weighted by atomic mass is 10.3. The maximum atomic E-state index is 10.9. The van der Waals surface area contributed by atoms with E-state index in [1.165, 1.54) is 0 Å². The van der Waals surface area contributed by atoms with Crippen molar-refractivity contribution in [2.45, 2.75) is 26.2 Å². The van der Waals surface area contributed by atoms with Gasteiger partial charge >= 0.3 is 0 Å². The Morgan fingerprint density at radius 2 is 2.33 bits per heavy atom. The second-order valence-electron chi connectivity index (χ2n) is 2.35. The number of carbonyl (C=O) groups is 1. The topological polar surface area (TPSA) is 49.3 Å². The molecular formula is C9H15NO2. The minimum absolute atomic E-state index is 0.0121. The third-order valence-corrected chi connectivity index (χ3v) is 1.31. The van der Waals surface area contributed by atoms with Gasteiger partial charge in [0.15, 0.2) is 0 Å². The van der Waals surface area contributed by atoms with Gasteiger partial charge in [-0.3, -0.25) is 4.79 Å². The molecule has 0 radical (unpaired) electrons. The van der Waals surface area contributed by atoms with Crippen LogP contribution in [0.2, 0.25) is 0 Å². The summed E-state index contributed by atoms with van der Waals surface area (Å²) in [5.74, 6) is 5.58. The highest BCUT2D eigenvalue weighted by molar-refractivity contribution is 5.75. The Morgan fingerprint density at radius 3 is 2.92 bits per heavy atom. The molecule has 0 heterocycles. The van der Waals surface area contributed by atoms with Crippen LogP contribution in [-0.4, -0.2) is 24.2 Å². The molecular weight excluding hydrogens is 154 g/mol. The lowest BCUT2D eigenvalue weighted by molar-refractivity contribution is -0.121. The first kappa shape index (κ1) is 11.0. The van der Waals surface area contributed by atoms with Gasteiger partial charge < -0.3 is 10.4 Å². The van der Waals surface area contributed by atoms with Crippen molar-refractivity contribution in [3.63, 3.8) is 0 Å². The van der Waals surface area contributed by atoms with E-state index in [-0.39, 0.29) is 12.5 Å². The highest BCUT2D eigenvalue weighted by Gasteiger charge is 1.97. The molecule has 0 unspecified atom stereocenters. The molecule has 0 aliphatic rings. The number of aliphatic hydroxyl groups excluding tert-OH is 1. The molecule has 0 saturated heterocycles. The summed E-state index contributed by atoms with van der Waals surface area (Å²) in [6, 6.07) is 0. The van der Waals surface area contributed by atoms with Crippen LogP contribution in [0.4, 0.5) is 0 Å². The number of amides is 1. The first-order valence-electron chi connectivity index (χ1n) is 4.08. The summed E-state index contributed by atoms with van der Waals surface area (Å²) in [6.07, 6.45) is 1.63. The van der Waals surface area contributed by atoms with Crippen molar-refractivity contribution < 1.29 is 9.90 Å². The molecule has 0 spiro atoms. The number of hydrogen-bond donors (Lipinski definition) is 2. The highest BCUT2D eigenvalue weighted by Crippen LogP contribution is 1.86. The number of carbonyl (C=O) groups excluding carboxylic acids is 1. The highest BCUT2D eigenvalue weighted by atomic mass is 16.3. The van der Waals surface area contributed by atoms with Crippen molar-refractivity contribution in [1.29, 1.82) is 0 Å². The molecule has 0 aliphatic carbocycles.